The van der Waals surface area contributed by atoms with E-state index in [0.717, 1.165) is 58.4 Å². The van der Waals surface area contributed by atoms with Crippen LogP contribution in [0.15, 0.2) is 45.6 Å². The Morgan fingerprint density at radius 1 is 1.13 bits per heavy atom. The molecule has 0 radical (unpaired) electrons. The first-order valence-corrected chi connectivity index (χ1v) is 11.0. The van der Waals surface area contributed by atoms with Crippen molar-refractivity contribution < 1.29 is 9.21 Å². The number of hydrogen-bond donors (Lipinski definition) is 1. The second-order valence-corrected chi connectivity index (χ2v) is 8.86. The third-order valence-corrected chi connectivity index (χ3v) is 6.40. The Kier molecular flexibility index (Phi) is 5.86. The number of fused-ring (bicyclic) bond motifs is 1. The lowest BCUT2D eigenvalue weighted by Gasteiger charge is -2.31. The van der Waals surface area contributed by atoms with Crippen molar-refractivity contribution >= 4 is 22.6 Å². The van der Waals surface area contributed by atoms with Crippen LogP contribution in [-0.2, 0) is 6.54 Å². The van der Waals surface area contributed by atoms with Crippen molar-refractivity contribution in [1.29, 1.82) is 0 Å². The molecule has 162 valence electrons. The molecule has 1 N–H and O–H groups in total. The summed E-state index contributed by atoms with van der Waals surface area (Å²) < 4.78 is 5.47. The van der Waals surface area contributed by atoms with Gasteiger partial charge in [0.2, 0.25) is 0 Å². The molecule has 1 aliphatic rings. The van der Waals surface area contributed by atoms with Crippen molar-refractivity contribution in [1.82, 2.24) is 4.90 Å². The average Bonchev–Trinajstić information content (AvgIpc) is 2.75. The van der Waals surface area contributed by atoms with Crippen LogP contribution in [0.5, 0.6) is 0 Å². The highest BCUT2D eigenvalue weighted by Crippen LogP contribution is 2.25. The number of carbonyl (C=O) groups is 1. The highest BCUT2D eigenvalue weighted by molar-refractivity contribution is 5.95. The van der Waals surface area contributed by atoms with Crippen LogP contribution in [0.3, 0.4) is 0 Å². The van der Waals surface area contributed by atoms with Gasteiger partial charge < -0.3 is 14.6 Å². The van der Waals surface area contributed by atoms with E-state index in [0.29, 0.717) is 18.0 Å². The number of aryl methyl sites for hydroxylation is 3. The SMILES string of the molecule is Cc1cc(C(=O)N2CCCC(C)C2)ccc1NCc1cc(=O)oc2c(C)c(C)ccc12. The lowest BCUT2D eigenvalue weighted by atomic mass is 9.99. The lowest BCUT2D eigenvalue weighted by molar-refractivity contribution is 0.0683. The number of benzene rings is 2. The first-order chi connectivity index (χ1) is 14.8. The molecule has 1 aromatic heterocycles. The second kappa shape index (κ2) is 8.58. The molecule has 1 saturated heterocycles. The third-order valence-electron chi connectivity index (χ3n) is 6.40. The Hall–Kier alpha value is -3.08. The fourth-order valence-electron chi connectivity index (χ4n) is 4.41. The zero-order valence-electron chi connectivity index (χ0n) is 18.7. The Morgan fingerprint density at radius 2 is 1.94 bits per heavy atom. The summed E-state index contributed by atoms with van der Waals surface area (Å²) in [5.74, 6) is 0.671. The number of rotatable bonds is 4. The standard InChI is InChI=1S/C26H30N2O3/c1-16-6-5-11-28(15-16)26(30)20-8-10-23(18(3)12-20)27-14-21-13-24(29)31-25-19(4)17(2)7-9-22(21)25/h7-10,12-13,16,27H,5-6,11,14-15H2,1-4H3. The molecule has 1 atom stereocenters. The zero-order chi connectivity index (χ0) is 22.1. The van der Waals surface area contributed by atoms with Crippen molar-refractivity contribution in [2.24, 2.45) is 5.92 Å². The van der Waals surface area contributed by atoms with E-state index in [1.165, 1.54) is 6.42 Å². The number of hydrogen-bond acceptors (Lipinski definition) is 4. The maximum absolute atomic E-state index is 12.9. The maximum atomic E-state index is 12.9. The fourth-order valence-corrected chi connectivity index (χ4v) is 4.41. The molecule has 2 aromatic carbocycles. The van der Waals surface area contributed by atoms with Crippen molar-refractivity contribution in [2.75, 3.05) is 18.4 Å². The summed E-state index contributed by atoms with van der Waals surface area (Å²) in [6.45, 7) is 10.4. The summed E-state index contributed by atoms with van der Waals surface area (Å²) in [7, 11) is 0. The van der Waals surface area contributed by atoms with Gasteiger partial charge in [0.1, 0.15) is 5.58 Å². The highest BCUT2D eigenvalue weighted by atomic mass is 16.4. The average molecular weight is 419 g/mol. The molecule has 1 fully saturated rings. The molecule has 0 bridgehead atoms. The number of nitrogens with zero attached hydrogens (tertiary/aromatic N) is 1. The molecule has 1 unspecified atom stereocenters. The summed E-state index contributed by atoms with van der Waals surface area (Å²) in [6, 6.07) is 11.4. The van der Waals surface area contributed by atoms with Crippen LogP contribution < -0.4 is 10.9 Å². The van der Waals surface area contributed by atoms with Crippen LogP contribution >= 0.6 is 0 Å². The minimum atomic E-state index is -0.341. The lowest BCUT2D eigenvalue weighted by Crippen LogP contribution is -2.39. The summed E-state index contributed by atoms with van der Waals surface area (Å²) >= 11 is 0. The largest absolute Gasteiger partial charge is 0.422 e. The van der Waals surface area contributed by atoms with Gasteiger partial charge in [0.05, 0.1) is 0 Å². The van der Waals surface area contributed by atoms with Crippen molar-refractivity contribution in [3.8, 4) is 0 Å². The number of carbonyl (C=O) groups excluding carboxylic acids is 1. The molecule has 1 amide bonds. The molecule has 5 heteroatoms. The summed E-state index contributed by atoms with van der Waals surface area (Å²) in [5, 5.41) is 4.37. The monoisotopic (exact) mass is 418 g/mol. The maximum Gasteiger partial charge on any atom is 0.336 e. The molecule has 0 aliphatic carbocycles. The van der Waals surface area contributed by atoms with Gasteiger partial charge in [-0.05, 0) is 80.0 Å². The molecule has 31 heavy (non-hydrogen) atoms. The van der Waals surface area contributed by atoms with Gasteiger partial charge in [0.25, 0.3) is 5.91 Å². The predicted octanol–water partition coefficient (Wildman–Crippen LogP) is 5.20. The predicted molar refractivity (Wildman–Crippen MR) is 125 cm³/mol. The number of likely N-dealkylation sites (tertiary alicyclic amines) is 1. The van der Waals surface area contributed by atoms with Gasteiger partial charge in [-0.2, -0.15) is 0 Å². The van der Waals surface area contributed by atoms with Gasteiger partial charge >= 0.3 is 5.63 Å². The quantitative estimate of drug-likeness (QED) is 0.592. The minimum absolute atomic E-state index is 0.110. The minimum Gasteiger partial charge on any atom is -0.422 e. The van der Waals surface area contributed by atoms with Gasteiger partial charge in [-0.15, -0.1) is 0 Å². The Bertz CT molecular complexity index is 1200. The van der Waals surface area contributed by atoms with E-state index >= 15 is 0 Å². The molecule has 1 aliphatic heterocycles. The van der Waals surface area contributed by atoms with Crippen molar-refractivity contribution in [3.05, 3.63) is 74.6 Å². The first-order valence-electron chi connectivity index (χ1n) is 11.0. The second-order valence-electron chi connectivity index (χ2n) is 8.86. The first kappa shape index (κ1) is 21.2. The Morgan fingerprint density at radius 3 is 2.68 bits per heavy atom. The van der Waals surface area contributed by atoms with Crippen molar-refractivity contribution in [3.63, 3.8) is 0 Å². The van der Waals surface area contributed by atoms with Gasteiger partial charge in [-0.3, -0.25) is 4.79 Å². The van der Waals surface area contributed by atoms with Crippen LogP contribution in [0.2, 0.25) is 0 Å². The summed E-state index contributed by atoms with van der Waals surface area (Å²) in [6.07, 6.45) is 2.26. The molecular weight excluding hydrogens is 388 g/mol. The van der Waals surface area contributed by atoms with Crippen LogP contribution in [0.1, 0.15) is 52.4 Å². The van der Waals surface area contributed by atoms with Crippen LogP contribution in [0.25, 0.3) is 11.0 Å². The highest BCUT2D eigenvalue weighted by Gasteiger charge is 2.22. The number of piperidine rings is 1. The topological polar surface area (TPSA) is 62.6 Å². The van der Waals surface area contributed by atoms with Crippen LogP contribution in [-0.4, -0.2) is 23.9 Å². The van der Waals surface area contributed by atoms with Crippen LogP contribution in [0.4, 0.5) is 5.69 Å². The van der Waals surface area contributed by atoms with Gasteiger partial charge in [-0.25, -0.2) is 4.79 Å². The van der Waals surface area contributed by atoms with E-state index in [2.05, 4.69) is 12.2 Å². The molecular formula is C26H30N2O3. The number of amides is 1. The van der Waals surface area contributed by atoms with E-state index < -0.39 is 0 Å². The Balaban J connectivity index is 1.54. The van der Waals surface area contributed by atoms with Gasteiger partial charge in [0, 0.05) is 42.3 Å². The van der Waals surface area contributed by atoms with Gasteiger partial charge in [0.15, 0.2) is 0 Å². The van der Waals surface area contributed by atoms with E-state index in [1.807, 2.05) is 56.0 Å². The smallest absolute Gasteiger partial charge is 0.336 e. The normalized spacial score (nSPS) is 16.5. The van der Waals surface area contributed by atoms with E-state index in [1.54, 1.807) is 6.07 Å². The number of nitrogens with one attached hydrogen (secondary N) is 1. The van der Waals surface area contributed by atoms with E-state index in [9.17, 15) is 9.59 Å². The summed E-state index contributed by atoms with van der Waals surface area (Å²) in [5.41, 5.74) is 5.99. The third kappa shape index (κ3) is 4.36. The van der Waals surface area contributed by atoms with E-state index in [-0.39, 0.29) is 11.5 Å². The molecule has 2 heterocycles. The van der Waals surface area contributed by atoms with Gasteiger partial charge in [-0.1, -0.05) is 19.1 Å². The molecule has 0 spiro atoms. The molecule has 0 saturated carbocycles. The van der Waals surface area contributed by atoms with Crippen molar-refractivity contribution in [2.45, 2.75) is 47.1 Å². The molecule has 5 nitrogen and oxygen atoms in total. The zero-order valence-corrected chi connectivity index (χ0v) is 18.7. The Labute approximate surface area is 183 Å². The molecule has 4 rings (SSSR count). The fraction of sp³-hybridized carbons (Fsp3) is 0.385. The van der Waals surface area contributed by atoms with Crippen LogP contribution in [0, 0.1) is 26.7 Å². The van der Waals surface area contributed by atoms with E-state index in [4.69, 9.17) is 4.42 Å². The summed E-state index contributed by atoms with van der Waals surface area (Å²) in [4.78, 5) is 27.0. The molecule has 3 aromatic rings. The number of anilines is 1.